The number of fused-ring (bicyclic) bond motifs is 1. The van der Waals surface area contributed by atoms with Gasteiger partial charge >= 0.3 is 5.76 Å². The number of nitrogens with one attached hydrogen (secondary N) is 2. The third-order valence-electron chi connectivity index (χ3n) is 3.15. The van der Waals surface area contributed by atoms with Crippen molar-refractivity contribution in [3.8, 4) is 0 Å². The minimum atomic E-state index is -0.433. The molecular formula is C15H13BrN2O2. The Kier molecular flexibility index (Phi) is 3.36. The van der Waals surface area contributed by atoms with Crippen LogP contribution in [0, 0.1) is 0 Å². The van der Waals surface area contributed by atoms with E-state index >= 15 is 0 Å². The van der Waals surface area contributed by atoms with Crippen molar-refractivity contribution in [2.45, 2.75) is 13.0 Å². The second kappa shape index (κ2) is 5.17. The number of rotatable bonds is 3. The highest BCUT2D eigenvalue weighted by atomic mass is 79.9. The first-order valence-electron chi connectivity index (χ1n) is 6.27. The lowest BCUT2D eigenvalue weighted by Gasteiger charge is -2.16. The predicted octanol–water partition coefficient (Wildman–Crippen LogP) is 4.06. The first-order valence-corrected chi connectivity index (χ1v) is 7.06. The normalized spacial score (nSPS) is 12.5. The second-order valence-electron chi connectivity index (χ2n) is 4.65. The first kappa shape index (κ1) is 13.0. The lowest BCUT2D eigenvalue weighted by atomic mass is 10.1. The van der Waals surface area contributed by atoms with Crippen molar-refractivity contribution in [1.29, 1.82) is 0 Å². The summed E-state index contributed by atoms with van der Waals surface area (Å²) in [6.07, 6.45) is 0. The van der Waals surface area contributed by atoms with Crippen LogP contribution in [0.1, 0.15) is 18.5 Å². The Morgan fingerprint density at radius 2 is 2.10 bits per heavy atom. The van der Waals surface area contributed by atoms with Crippen molar-refractivity contribution >= 4 is 32.7 Å². The first-order chi connectivity index (χ1) is 9.61. The quantitative estimate of drug-likeness (QED) is 0.760. The zero-order valence-electron chi connectivity index (χ0n) is 10.8. The third kappa shape index (κ3) is 2.63. The minimum absolute atomic E-state index is 0.156. The van der Waals surface area contributed by atoms with Crippen LogP contribution in [-0.4, -0.2) is 4.98 Å². The summed E-state index contributed by atoms with van der Waals surface area (Å²) in [6.45, 7) is 2.09. The molecule has 0 bridgehead atoms. The molecule has 2 aromatic carbocycles. The molecule has 1 unspecified atom stereocenters. The van der Waals surface area contributed by atoms with E-state index in [9.17, 15) is 4.79 Å². The van der Waals surface area contributed by atoms with E-state index in [0.29, 0.717) is 11.1 Å². The standard InChI is InChI=1S/C15H13BrN2O2/c1-9(10-3-2-4-11(16)7-10)17-12-5-6-14-13(8-12)18-15(19)20-14/h2-9,17H,1H3,(H,18,19). The van der Waals surface area contributed by atoms with Gasteiger partial charge in [-0.15, -0.1) is 0 Å². The number of anilines is 1. The minimum Gasteiger partial charge on any atom is -0.408 e. The van der Waals surface area contributed by atoms with E-state index in [-0.39, 0.29) is 6.04 Å². The molecule has 3 aromatic rings. The van der Waals surface area contributed by atoms with Gasteiger partial charge in [-0.2, -0.15) is 0 Å². The molecule has 3 rings (SSSR count). The molecule has 0 saturated carbocycles. The van der Waals surface area contributed by atoms with Crippen LogP contribution in [0.2, 0.25) is 0 Å². The largest absolute Gasteiger partial charge is 0.417 e. The number of aromatic nitrogens is 1. The lowest BCUT2D eigenvalue weighted by Crippen LogP contribution is -2.06. The van der Waals surface area contributed by atoms with E-state index in [2.05, 4.69) is 45.3 Å². The molecule has 1 aromatic heterocycles. The zero-order chi connectivity index (χ0) is 14.1. The summed E-state index contributed by atoms with van der Waals surface area (Å²) < 4.78 is 6.04. The molecule has 0 aliphatic heterocycles. The average Bonchev–Trinajstić information content (AvgIpc) is 2.78. The van der Waals surface area contributed by atoms with Crippen molar-refractivity contribution in [2.24, 2.45) is 0 Å². The van der Waals surface area contributed by atoms with Gasteiger partial charge in [0.15, 0.2) is 5.58 Å². The van der Waals surface area contributed by atoms with E-state index in [1.54, 1.807) is 6.07 Å². The number of halogens is 1. The van der Waals surface area contributed by atoms with E-state index in [1.807, 2.05) is 24.3 Å². The number of aromatic amines is 1. The van der Waals surface area contributed by atoms with Crippen molar-refractivity contribution in [2.75, 3.05) is 5.32 Å². The molecular weight excluding hydrogens is 320 g/mol. The van der Waals surface area contributed by atoms with E-state index in [0.717, 1.165) is 10.2 Å². The highest BCUT2D eigenvalue weighted by Crippen LogP contribution is 2.23. The predicted molar refractivity (Wildman–Crippen MR) is 83.0 cm³/mol. The Morgan fingerprint density at radius 3 is 2.90 bits per heavy atom. The fourth-order valence-electron chi connectivity index (χ4n) is 2.15. The van der Waals surface area contributed by atoms with Gasteiger partial charge in [-0.25, -0.2) is 4.79 Å². The monoisotopic (exact) mass is 332 g/mol. The van der Waals surface area contributed by atoms with Crippen LogP contribution in [0.25, 0.3) is 11.1 Å². The maximum Gasteiger partial charge on any atom is 0.417 e. The summed E-state index contributed by atoms with van der Waals surface area (Å²) in [6, 6.07) is 13.9. The molecule has 0 spiro atoms. The van der Waals surface area contributed by atoms with Gasteiger partial charge in [0, 0.05) is 16.2 Å². The SMILES string of the molecule is CC(Nc1ccc2oc(=O)[nH]c2c1)c1cccc(Br)c1. The van der Waals surface area contributed by atoms with Gasteiger partial charge in [-0.3, -0.25) is 4.98 Å². The van der Waals surface area contributed by atoms with Crippen LogP contribution >= 0.6 is 15.9 Å². The Balaban J connectivity index is 1.86. The van der Waals surface area contributed by atoms with Crippen LogP contribution < -0.4 is 11.1 Å². The number of benzene rings is 2. The molecule has 102 valence electrons. The molecule has 0 amide bonds. The molecule has 5 heteroatoms. The molecule has 1 heterocycles. The molecule has 0 aliphatic carbocycles. The Morgan fingerprint density at radius 1 is 1.25 bits per heavy atom. The van der Waals surface area contributed by atoms with Gasteiger partial charge in [0.05, 0.1) is 5.52 Å². The van der Waals surface area contributed by atoms with Gasteiger partial charge in [0.25, 0.3) is 0 Å². The van der Waals surface area contributed by atoms with Gasteiger partial charge in [0.2, 0.25) is 0 Å². The fourth-order valence-corrected chi connectivity index (χ4v) is 2.57. The number of H-pyrrole nitrogens is 1. The van der Waals surface area contributed by atoms with Gasteiger partial charge < -0.3 is 9.73 Å². The van der Waals surface area contributed by atoms with Crippen molar-refractivity contribution in [3.63, 3.8) is 0 Å². The molecule has 2 N–H and O–H groups in total. The summed E-state index contributed by atoms with van der Waals surface area (Å²) in [7, 11) is 0. The van der Waals surface area contributed by atoms with Crippen molar-refractivity contribution < 1.29 is 4.42 Å². The van der Waals surface area contributed by atoms with Crippen LogP contribution in [-0.2, 0) is 0 Å². The highest BCUT2D eigenvalue weighted by Gasteiger charge is 2.07. The molecule has 4 nitrogen and oxygen atoms in total. The van der Waals surface area contributed by atoms with Crippen molar-refractivity contribution in [3.05, 3.63) is 63.1 Å². The summed E-state index contributed by atoms with van der Waals surface area (Å²) in [5.74, 6) is -0.433. The third-order valence-corrected chi connectivity index (χ3v) is 3.64. The average molecular weight is 333 g/mol. The van der Waals surface area contributed by atoms with E-state index in [1.165, 1.54) is 5.56 Å². The van der Waals surface area contributed by atoms with Gasteiger partial charge in [-0.1, -0.05) is 28.1 Å². The summed E-state index contributed by atoms with van der Waals surface area (Å²) in [4.78, 5) is 13.8. The van der Waals surface area contributed by atoms with Gasteiger partial charge in [0.1, 0.15) is 0 Å². The molecule has 0 saturated heterocycles. The van der Waals surface area contributed by atoms with Crippen LogP contribution in [0.4, 0.5) is 5.69 Å². The second-order valence-corrected chi connectivity index (χ2v) is 5.56. The van der Waals surface area contributed by atoms with Crippen LogP contribution in [0.15, 0.2) is 56.1 Å². The highest BCUT2D eigenvalue weighted by molar-refractivity contribution is 9.10. The summed E-state index contributed by atoms with van der Waals surface area (Å²) >= 11 is 3.47. The fraction of sp³-hybridized carbons (Fsp3) is 0.133. The Labute approximate surface area is 123 Å². The van der Waals surface area contributed by atoms with E-state index in [4.69, 9.17) is 4.42 Å². The topological polar surface area (TPSA) is 58.0 Å². The smallest absolute Gasteiger partial charge is 0.408 e. The number of hydrogen-bond acceptors (Lipinski definition) is 3. The number of oxazole rings is 1. The molecule has 0 fully saturated rings. The molecule has 20 heavy (non-hydrogen) atoms. The Bertz CT molecular complexity index is 807. The zero-order valence-corrected chi connectivity index (χ0v) is 12.4. The number of hydrogen-bond donors (Lipinski definition) is 2. The lowest BCUT2D eigenvalue weighted by molar-refractivity contribution is 0.555. The maximum atomic E-state index is 11.1. The van der Waals surface area contributed by atoms with Crippen LogP contribution in [0.3, 0.4) is 0 Å². The summed E-state index contributed by atoms with van der Waals surface area (Å²) in [5.41, 5.74) is 3.37. The maximum absolute atomic E-state index is 11.1. The summed E-state index contributed by atoms with van der Waals surface area (Å²) in [5, 5.41) is 3.40. The van der Waals surface area contributed by atoms with Gasteiger partial charge in [-0.05, 0) is 42.8 Å². The molecule has 0 aliphatic rings. The van der Waals surface area contributed by atoms with Crippen molar-refractivity contribution in [1.82, 2.24) is 4.98 Å². The molecule has 1 atom stereocenters. The molecule has 0 radical (unpaired) electrons. The Hall–Kier alpha value is -2.01. The van der Waals surface area contributed by atoms with Crippen LogP contribution in [0.5, 0.6) is 0 Å². The van der Waals surface area contributed by atoms with E-state index < -0.39 is 5.76 Å².